The standard InChI is InChI=1S/C32H38N2O6S2/c1-22-9-7-8-12-27(22)29-17-23(13-14-28(29)31(35)33-30(32(36)37)15-16-41-2)19-34-20-26(42(3,38)39)18-24(34)21-40-25-10-5-4-6-11-25/h4-14,17,24,26,30H,15-16,18-21H2,1-3H3,(H,33,35)(H,36,37)/t24-,26-,30-/m1/s1. The van der Waals surface area contributed by atoms with Crippen molar-refractivity contribution in [3.8, 4) is 16.9 Å². The van der Waals surface area contributed by atoms with Gasteiger partial charge in [-0.25, -0.2) is 13.2 Å². The highest BCUT2D eigenvalue weighted by molar-refractivity contribution is 7.98. The van der Waals surface area contributed by atoms with Gasteiger partial charge in [-0.05, 0) is 78.3 Å². The Morgan fingerprint density at radius 1 is 1.07 bits per heavy atom. The zero-order chi connectivity index (χ0) is 30.3. The van der Waals surface area contributed by atoms with Crippen LogP contribution in [0.25, 0.3) is 11.1 Å². The monoisotopic (exact) mass is 610 g/mol. The number of aryl methyl sites for hydroxylation is 1. The Hall–Kier alpha value is -3.34. The molecular weight excluding hydrogens is 572 g/mol. The summed E-state index contributed by atoms with van der Waals surface area (Å²) in [4.78, 5) is 27.4. The summed E-state index contributed by atoms with van der Waals surface area (Å²) >= 11 is 1.53. The summed E-state index contributed by atoms with van der Waals surface area (Å²) < 4.78 is 31.0. The Morgan fingerprint density at radius 2 is 1.79 bits per heavy atom. The molecule has 1 aliphatic rings. The molecule has 1 aliphatic heterocycles. The van der Waals surface area contributed by atoms with Crippen LogP contribution < -0.4 is 10.1 Å². The highest BCUT2D eigenvalue weighted by Gasteiger charge is 2.38. The largest absolute Gasteiger partial charge is 0.492 e. The van der Waals surface area contributed by atoms with E-state index in [1.165, 1.54) is 18.0 Å². The van der Waals surface area contributed by atoms with E-state index in [0.717, 1.165) is 22.4 Å². The lowest BCUT2D eigenvalue weighted by atomic mass is 9.93. The lowest BCUT2D eigenvalue weighted by Gasteiger charge is -2.25. The van der Waals surface area contributed by atoms with Gasteiger partial charge in [-0.1, -0.05) is 48.5 Å². The fourth-order valence-electron chi connectivity index (χ4n) is 5.27. The molecule has 0 aliphatic carbocycles. The Balaban J connectivity index is 1.63. The molecule has 0 unspecified atom stereocenters. The number of thioether (sulfide) groups is 1. The van der Waals surface area contributed by atoms with Crippen molar-refractivity contribution in [1.29, 1.82) is 0 Å². The number of carbonyl (C=O) groups excluding carboxylic acids is 1. The first-order chi connectivity index (χ1) is 20.1. The van der Waals surface area contributed by atoms with Gasteiger partial charge in [-0.15, -0.1) is 0 Å². The van der Waals surface area contributed by atoms with E-state index in [2.05, 4.69) is 10.2 Å². The third kappa shape index (κ3) is 8.14. The van der Waals surface area contributed by atoms with Gasteiger partial charge in [-0.3, -0.25) is 9.69 Å². The van der Waals surface area contributed by atoms with Gasteiger partial charge in [0, 0.05) is 31.0 Å². The van der Waals surface area contributed by atoms with Gasteiger partial charge in [-0.2, -0.15) is 11.8 Å². The predicted octanol–water partition coefficient (Wildman–Crippen LogP) is 4.66. The number of carbonyl (C=O) groups is 2. The predicted molar refractivity (Wildman–Crippen MR) is 168 cm³/mol. The Morgan fingerprint density at radius 3 is 2.45 bits per heavy atom. The van der Waals surface area contributed by atoms with Crippen molar-refractivity contribution in [3.05, 3.63) is 89.5 Å². The number of para-hydroxylation sites is 1. The van der Waals surface area contributed by atoms with Crippen LogP contribution in [0.5, 0.6) is 5.75 Å². The quantitative estimate of drug-likeness (QED) is 0.287. The number of nitrogens with zero attached hydrogens (tertiary/aromatic N) is 1. The molecule has 1 heterocycles. The average molecular weight is 611 g/mol. The molecule has 1 amide bonds. The summed E-state index contributed by atoms with van der Waals surface area (Å²) in [5.74, 6) is -0.166. The maximum atomic E-state index is 13.4. The van der Waals surface area contributed by atoms with Crippen LogP contribution in [0.4, 0.5) is 0 Å². The molecule has 10 heteroatoms. The summed E-state index contributed by atoms with van der Waals surface area (Å²) in [6.07, 6.45) is 3.97. The molecule has 3 aromatic carbocycles. The van der Waals surface area contributed by atoms with Crippen molar-refractivity contribution < 1.29 is 27.9 Å². The number of sulfone groups is 1. The molecule has 4 rings (SSSR count). The SMILES string of the molecule is CSCC[C@@H](NC(=O)c1ccc(CN2C[C@H](S(C)(=O)=O)C[C@@H]2COc2ccccc2)cc1-c1ccccc1C)C(=O)O. The van der Waals surface area contributed by atoms with Crippen LogP contribution in [0.2, 0.25) is 0 Å². The number of carboxylic acid groups (broad SMARTS) is 1. The van der Waals surface area contributed by atoms with Crippen LogP contribution in [0.1, 0.15) is 34.3 Å². The second-order valence-corrected chi connectivity index (χ2v) is 14.0. The number of benzene rings is 3. The second-order valence-electron chi connectivity index (χ2n) is 10.7. The van der Waals surface area contributed by atoms with Gasteiger partial charge in [0.05, 0.1) is 5.25 Å². The smallest absolute Gasteiger partial charge is 0.326 e. The molecule has 2 N–H and O–H groups in total. The lowest BCUT2D eigenvalue weighted by molar-refractivity contribution is -0.139. The molecule has 3 aromatic rings. The Kier molecular flexibility index (Phi) is 10.7. The second kappa shape index (κ2) is 14.2. The summed E-state index contributed by atoms with van der Waals surface area (Å²) in [5, 5.41) is 11.9. The summed E-state index contributed by atoms with van der Waals surface area (Å²) in [6.45, 7) is 3.19. The number of rotatable bonds is 13. The fraction of sp³-hybridized carbons (Fsp3) is 0.375. The van der Waals surface area contributed by atoms with Gasteiger partial charge in [0.15, 0.2) is 9.84 Å². The minimum absolute atomic E-state index is 0.109. The number of hydrogen-bond acceptors (Lipinski definition) is 7. The maximum absolute atomic E-state index is 13.4. The molecule has 0 bridgehead atoms. The van der Waals surface area contributed by atoms with Gasteiger partial charge < -0.3 is 15.2 Å². The van der Waals surface area contributed by atoms with Gasteiger partial charge in [0.25, 0.3) is 5.91 Å². The van der Waals surface area contributed by atoms with Crippen molar-refractivity contribution in [3.63, 3.8) is 0 Å². The Bertz CT molecular complexity index is 1500. The molecule has 0 aromatic heterocycles. The molecule has 3 atom stereocenters. The van der Waals surface area contributed by atoms with E-state index in [4.69, 9.17) is 4.74 Å². The van der Waals surface area contributed by atoms with Crippen molar-refractivity contribution in [1.82, 2.24) is 10.2 Å². The first kappa shape index (κ1) is 31.6. The number of ether oxygens (including phenoxy) is 1. The zero-order valence-corrected chi connectivity index (χ0v) is 25.8. The van der Waals surface area contributed by atoms with Crippen molar-refractivity contribution >= 4 is 33.5 Å². The summed E-state index contributed by atoms with van der Waals surface area (Å²) in [7, 11) is -3.24. The third-order valence-electron chi connectivity index (χ3n) is 7.64. The van der Waals surface area contributed by atoms with E-state index in [9.17, 15) is 23.1 Å². The zero-order valence-electron chi connectivity index (χ0n) is 24.2. The van der Waals surface area contributed by atoms with Crippen LogP contribution in [0.3, 0.4) is 0 Å². The highest BCUT2D eigenvalue weighted by atomic mass is 32.2. The van der Waals surface area contributed by atoms with E-state index in [-0.39, 0.29) is 6.04 Å². The molecule has 224 valence electrons. The van der Waals surface area contributed by atoms with Crippen molar-refractivity contribution in [2.24, 2.45) is 0 Å². The van der Waals surface area contributed by atoms with E-state index in [1.54, 1.807) is 6.07 Å². The Labute approximate surface area is 252 Å². The van der Waals surface area contributed by atoms with Crippen LogP contribution in [-0.4, -0.2) is 79.1 Å². The van der Waals surface area contributed by atoms with Crippen LogP contribution in [0, 0.1) is 6.92 Å². The van der Waals surface area contributed by atoms with E-state index >= 15 is 0 Å². The fourth-order valence-corrected chi connectivity index (χ4v) is 6.78. The van der Waals surface area contributed by atoms with E-state index in [0.29, 0.717) is 49.4 Å². The molecule has 0 saturated carbocycles. The van der Waals surface area contributed by atoms with Crippen molar-refractivity contribution in [2.75, 3.05) is 31.4 Å². The minimum Gasteiger partial charge on any atom is -0.492 e. The van der Waals surface area contributed by atoms with Crippen LogP contribution in [0.15, 0.2) is 72.8 Å². The summed E-state index contributed by atoms with van der Waals surface area (Å²) in [6, 6.07) is 21.7. The van der Waals surface area contributed by atoms with E-state index in [1.807, 2.05) is 79.9 Å². The first-order valence-corrected chi connectivity index (χ1v) is 17.2. The van der Waals surface area contributed by atoms with E-state index < -0.39 is 33.0 Å². The molecule has 1 saturated heterocycles. The molecule has 1 fully saturated rings. The van der Waals surface area contributed by atoms with Gasteiger partial charge >= 0.3 is 5.97 Å². The molecule has 8 nitrogen and oxygen atoms in total. The number of nitrogens with one attached hydrogen (secondary N) is 1. The lowest BCUT2D eigenvalue weighted by Crippen LogP contribution is -2.41. The molecule has 42 heavy (non-hydrogen) atoms. The highest BCUT2D eigenvalue weighted by Crippen LogP contribution is 2.31. The number of likely N-dealkylation sites (tertiary alicyclic amines) is 1. The first-order valence-electron chi connectivity index (χ1n) is 13.9. The average Bonchev–Trinajstić information content (AvgIpc) is 3.38. The van der Waals surface area contributed by atoms with Crippen molar-refractivity contribution in [2.45, 2.75) is 43.6 Å². The number of hydrogen-bond donors (Lipinski definition) is 2. The number of carboxylic acids is 1. The summed E-state index contributed by atoms with van der Waals surface area (Å²) in [5.41, 5.74) is 3.87. The molecule has 0 radical (unpaired) electrons. The molecule has 0 spiro atoms. The topological polar surface area (TPSA) is 113 Å². The molecular formula is C32H38N2O6S2. The number of aliphatic carboxylic acids is 1. The maximum Gasteiger partial charge on any atom is 0.326 e. The third-order valence-corrected chi connectivity index (χ3v) is 9.84. The number of amides is 1. The van der Waals surface area contributed by atoms with Crippen LogP contribution >= 0.6 is 11.8 Å². The van der Waals surface area contributed by atoms with Crippen LogP contribution in [-0.2, 0) is 21.2 Å². The van der Waals surface area contributed by atoms with Gasteiger partial charge in [0.2, 0.25) is 0 Å². The van der Waals surface area contributed by atoms with Gasteiger partial charge in [0.1, 0.15) is 18.4 Å². The normalized spacial score (nSPS) is 18.0. The minimum atomic E-state index is -3.24.